The molecule has 0 atom stereocenters. The maximum atomic E-state index is 12.8. The molecule has 0 aliphatic carbocycles. The second-order valence-electron chi connectivity index (χ2n) is 7.29. The first kappa shape index (κ1) is 24.5. The molecule has 0 fully saturated rings. The van der Waals surface area contributed by atoms with Crippen molar-refractivity contribution in [2.75, 3.05) is 0 Å². The summed E-state index contributed by atoms with van der Waals surface area (Å²) < 4.78 is 68.7. The number of benzene rings is 2. The SMILES string of the molecule is CCCCn1c(COC(=O)/C=C/c2cccc(C(F)(F)F)c2)nc2cc(S(N)(=O)=O)ccc21. The Morgan fingerprint density at radius 1 is 1.21 bits per heavy atom. The predicted molar refractivity (Wildman–Crippen MR) is 116 cm³/mol. The van der Waals surface area contributed by atoms with Crippen LogP contribution in [0.1, 0.15) is 36.7 Å². The van der Waals surface area contributed by atoms with E-state index < -0.39 is 27.7 Å². The highest BCUT2D eigenvalue weighted by molar-refractivity contribution is 7.89. The maximum Gasteiger partial charge on any atom is 0.416 e. The molecule has 0 amide bonds. The van der Waals surface area contributed by atoms with Crippen LogP contribution in [-0.2, 0) is 38.9 Å². The summed E-state index contributed by atoms with van der Waals surface area (Å²) in [4.78, 5) is 16.4. The number of fused-ring (bicyclic) bond motifs is 1. The Morgan fingerprint density at radius 3 is 2.64 bits per heavy atom. The summed E-state index contributed by atoms with van der Waals surface area (Å²) in [6.45, 7) is 2.39. The molecule has 0 saturated carbocycles. The lowest BCUT2D eigenvalue weighted by molar-refractivity contribution is -0.139. The molecule has 11 heteroatoms. The molecule has 3 rings (SSSR count). The normalized spacial score (nSPS) is 12.5. The number of hydrogen-bond acceptors (Lipinski definition) is 5. The van der Waals surface area contributed by atoms with Crippen LogP contribution in [-0.4, -0.2) is 23.9 Å². The van der Waals surface area contributed by atoms with E-state index in [2.05, 4.69) is 4.98 Å². The van der Waals surface area contributed by atoms with E-state index in [4.69, 9.17) is 9.88 Å². The summed E-state index contributed by atoms with van der Waals surface area (Å²) in [5, 5.41) is 5.18. The van der Waals surface area contributed by atoms with E-state index in [-0.39, 0.29) is 17.1 Å². The van der Waals surface area contributed by atoms with Crippen LogP contribution in [0, 0.1) is 0 Å². The molecule has 176 valence electrons. The third-order valence-corrected chi connectivity index (χ3v) is 5.74. The Balaban J connectivity index is 1.78. The van der Waals surface area contributed by atoms with Gasteiger partial charge in [0.25, 0.3) is 0 Å². The molecule has 0 aliphatic heterocycles. The highest BCUT2D eigenvalue weighted by atomic mass is 32.2. The minimum Gasteiger partial charge on any atom is -0.454 e. The fourth-order valence-corrected chi connectivity index (χ4v) is 3.71. The third kappa shape index (κ3) is 6.20. The number of hydrogen-bond donors (Lipinski definition) is 1. The van der Waals surface area contributed by atoms with E-state index in [9.17, 15) is 26.4 Å². The molecule has 3 aromatic rings. The quantitative estimate of drug-likeness (QED) is 0.382. The van der Waals surface area contributed by atoms with Crippen LogP contribution < -0.4 is 5.14 Å². The van der Waals surface area contributed by atoms with Crippen LogP contribution in [0.25, 0.3) is 17.1 Å². The van der Waals surface area contributed by atoms with Crippen molar-refractivity contribution in [3.63, 3.8) is 0 Å². The Kier molecular flexibility index (Phi) is 7.23. The van der Waals surface area contributed by atoms with Gasteiger partial charge in [-0.05, 0) is 48.4 Å². The third-order valence-electron chi connectivity index (χ3n) is 4.83. The van der Waals surface area contributed by atoms with Crippen molar-refractivity contribution in [2.24, 2.45) is 5.14 Å². The zero-order chi connectivity index (χ0) is 24.2. The Hall–Kier alpha value is -3.18. The first-order chi connectivity index (χ1) is 15.5. The first-order valence-corrected chi connectivity index (χ1v) is 11.6. The van der Waals surface area contributed by atoms with Crippen LogP contribution >= 0.6 is 0 Å². The average molecular weight is 481 g/mol. The van der Waals surface area contributed by atoms with Gasteiger partial charge in [-0.25, -0.2) is 23.3 Å². The lowest BCUT2D eigenvalue weighted by Crippen LogP contribution is -2.11. The van der Waals surface area contributed by atoms with E-state index in [1.807, 2.05) is 11.5 Å². The molecule has 2 N–H and O–H groups in total. The number of primary sulfonamides is 1. The van der Waals surface area contributed by atoms with Crippen LogP contribution in [0.4, 0.5) is 13.2 Å². The minimum atomic E-state index is -4.48. The molecule has 0 spiro atoms. The number of nitrogens with two attached hydrogens (primary N) is 1. The second-order valence-corrected chi connectivity index (χ2v) is 8.85. The van der Waals surface area contributed by atoms with E-state index in [0.717, 1.165) is 31.1 Å². The molecule has 7 nitrogen and oxygen atoms in total. The lowest BCUT2D eigenvalue weighted by Gasteiger charge is -2.09. The fraction of sp³-hybridized carbons (Fsp3) is 0.273. The number of carbonyl (C=O) groups excluding carboxylic acids is 1. The molecule has 0 bridgehead atoms. The Bertz CT molecular complexity index is 1300. The lowest BCUT2D eigenvalue weighted by atomic mass is 10.1. The van der Waals surface area contributed by atoms with Gasteiger partial charge in [0.15, 0.2) is 0 Å². The van der Waals surface area contributed by atoms with Crippen molar-refractivity contribution in [3.8, 4) is 0 Å². The first-order valence-electron chi connectivity index (χ1n) is 10.0. The van der Waals surface area contributed by atoms with Crippen molar-refractivity contribution in [1.29, 1.82) is 0 Å². The van der Waals surface area contributed by atoms with Gasteiger partial charge in [-0.2, -0.15) is 13.2 Å². The number of unbranched alkanes of at least 4 members (excludes halogenated alkanes) is 1. The van der Waals surface area contributed by atoms with Gasteiger partial charge in [0.05, 0.1) is 21.5 Å². The largest absolute Gasteiger partial charge is 0.454 e. The van der Waals surface area contributed by atoms with Crippen molar-refractivity contribution in [3.05, 3.63) is 65.5 Å². The van der Waals surface area contributed by atoms with Gasteiger partial charge in [-0.3, -0.25) is 0 Å². The molecule has 1 aromatic heterocycles. The highest BCUT2D eigenvalue weighted by Gasteiger charge is 2.30. The maximum absolute atomic E-state index is 12.8. The Morgan fingerprint density at radius 2 is 1.97 bits per heavy atom. The number of rotatable bonds is 8. The van der Waals surface area contributed by atoms with Crippen molar-refractivity contribution >= 4 is 33.1 Å². The summed E-state index contributed by atoms with van der Waals surface area (Å²) in [5.41, 5.74) is 0.443. The number of ether oxygens (including phenoxy) is 1. The smallest absolute Gasteiger partial charge is 0.416 e. The number of esters is 1. The predicted octanol–water partition coefficient (Wildman–Crippen LogP) is 4.26. The van der Waals surface area contributed by atoms with Crippen molar-refractivity contribution in [2.45, 2.75) is 44.0 Å². The van der Waals surface area contributed by atoms with Gasteiger partial charge in [-0.1, -0.05) is 25.5 Å². The van der Waals surface area contributed by atoms with E-state index in [1.165, 1.54) is 30.3 Å². The van der Waals surface area contributed by atoms with Crippen LogP contribution in [0.3, 0.4) is 0 Å². The number of alkyl halides is 3. The summed E-state index contributed by atoms with van der Waals surface area (Å²) in [7, 11) is -3.90. The average Bonchev–Trinajstić information content (AvgIpc) is 3.10. The number of aryl methyl sites for hydroxylation is 1. The molecule has 2 aromatic carbocycles. The summed E-state index contributed by atoms with van der Waals surface area (Å²) >= 11 is 0. The molecule has 0 saturated heterocycles. The van der Waals surface area contributed by atoms with E-state index in [1.54, 1.807) is 6.07 Å². The number of carbonyl (C=O) groups is 1. The topological polar surface area (TPSA) is 104 Å². The highest BCUT2D eigenvalue weighted by Crippen LogP contribution is 2.29. The van der Waals surface area contributed by atoms with Gasteiger partial charge < -0.3 is 9.30 Å². The van der Waals surface area contributed by atoms with E-state index >= 15 is 0 Å². The number of imidazole rings is 1. The second kappa shape index (κ2) is 9.75. The Labute approximate surface area is 188 Å². The fourth-order valence-electron chi connectivity index (χ4n) is 3.18. The zero-order valence-electron chi connectivity index (χ0n) is 17.7. The zero-order valence-corrected chi connectivity index (χ0v) is 18.5. The number of aromatic nitrogens is 2. The molecular weight excluding hydrogens is 459 g/mol. The van der Waals surface area contributed by atoms with Crippen LogP contribution in [0.15, 0.2) is 53.4 Å². The molecule has 0 radical (unpaired) electrons. The molecule has 0 aliphatic rings. The monoisotopic (exact) mass is 481 g/mol. The number of halogens is 3. The van der Waals surface area contributed by atoms with E-state index in [0.29, 0.717) is 23.4 Å². The summed E-state index contributed by atoms with van der Waals surface area (Å²) in [6.07, 6.45) is -0.499. The van der Waals surface area contributed by atoms with Gasteiger partial charge in [0.2, 0.25) is 10.0 Å². The van der Waals surface area contributed by atoms with Gasteiger partial charge >= 0.3 is 12.1 Å². The van der Waals surface area contributed by atoms with Crippen molar-refractivity contribution in [1.82, 2.24) is 9.55 Å². The number of sulfonamides is 1. The minimum absolute atomic E-state index is 0.0808. The molecule has 0 unspecified atom stereocenters. The molecule has 33 heavy (non-hydrogen) atoms. The van der Waals surface area contributed by atoms with Crippen LogP contribution in [0.5, 0.6) is 0 Å². The molecular formula is C22H22F3N3O4S. The summed E-state index contributed by atoms with van der Waals surface area (Å²) in [6, 6.07) is 8.89. The van der Waals surface area contributed by atoms with Crippen LogP contribution in [0.2, 0.25) is 0 Å². The summed E-state index contributed by atoms with van der Waals surface area (Å²) in [5.74, 6) is -0.349. The number of nitrogens with zero attached hydrogens (tertiary/aromatic N) is 2. The molecule has 1 heterocycles. The van der Waals surface area contributed by atoms with Crippen molar-refractivity contribution < 1.29 is 31.1 Å². The van der Waals surface area contributed by atoms with Gasteiger partial charge in [0, 0.05) is 12.6 Å². The van der Waals surface area contributed by atoms with Gasteiger partial charge in [0.1, 0.15) is 12.4 Å². The standard InChI is InChI=1S/C22H22F3N3O4S/c1-2-3-11-28-19-9-8-17(33(26,30)31)13-18(19)27-20(28)14-32-21(29)10-7-15-5-4-6-16(12-15)22(23,24)25/h4-10,12-13H,2-3,11,14H2,1H3,(H2,26,30,31)/b10-7+. The van der Waals surface area contributed by atoms with Gasteiger partial charge in [-0.15, -0.1) is 0 Å².